The molecular weight excluding hydrogens is 242 g/mol. The molecule has 0 radical (unpaired) electrons. The zero-order valence-electron chi connectivity index (χ0n) is 12.1. The van der Waals surface area contributed by atoms with E-state index in [9.17, 15) is 4.79 Å². The SMILES string of the molecule is CCCNc1cc(NCC(C)(C)C(=O)NC)ncn1. The Kier molecular flexibility index (Phi) is 5.54. The molecule has 0 bridgehead atoms. The second-order valence-electron chi connectivity index (χ2n) is 5.03. The fraction of sp³-hybridized carbons (Fsp3) is 0.615. The van der Waals surface area contributed by atoms with E-state index in [0.717, 1.165) is 18.8 Å². The maximum Gasteiger partial charge on any atom is 0.227 e. The Hall–Kier alpha value is -1.85. The summed E-state index contributed by atoms with van der Waals surface area (Å²) in [6, 6.07) is 1.84. The summed E-state index contributed by atoms with van der Waals surface area (Å²) in [6.07, 6.45) is 2.55. The summed E-state index contributed by atoms with van der Waals surface area (Å²) in [5.41, 5.74) is -0.489. The van der Waals surface area contributed by atoms with Crippen LogP contribution in [0.1, 0.15) is 27.2 Å². The number of nitrogens with one attached hydrogen (secondary N) is 3. The average molecular weight is 265 g/mol. The van der Waals surface area contributed by atoms with Crippen LogP contribution < -0.4 is 16.0 Å². The van der Waals surface area contributed by atoms with E-state index in [0.29, 0.717) is 12.4 Å². The van der Waals surface area contributed by atoms with Gasteiger partial charge in [-0.25, -0.2) is 9.97 Å². The Morgan fingerprint density at radius 1 is 1.26 bits per heavy atom. The van der Waals surface area contributed by atoms with E-state index in [1.54, 1.807) is 7.05 Å². The molecule has 0 aromatic carbocycles. The topological polar surface area (TPSA) is 78.9 Å². The van der Waals surface area contributed by atoms with Crippen molar-refractivity contribution in [2.45, 2.75) is 27.2 Å². The highest BCUT2D eigenvalue weighted by atomic mass is 16.2. The summed E-state index contributed by atoms with van der Waals surface area (Å²) in [5.74, 6) is 1.50. The molecule has 106 valence electrons. The second kappa shape index (κ2) is 6.92. The molecule has 1 heterocycles. The smallest absolute Gasteiger partial charge is 0.227 e. The number of anilines is 2. The molecule has 1 amide bonds. The highest BCUT2D eigenvalue weighted by Crippen LogP contribution is 2.17. The molecular formula is C13H23N5O. The first-order chi connectivity index (χ1) is 8.99. The van der Waals surface area contributed by atoms with E-state index >= 15 is 0 Å². The molecule has 0 aliphatic rings. The molecule has 6 heteroatoms. The van der Waals surface area contributed by atoms with Crippen molar-refractivity contribution in [1.82, 2.24) is 15.3 Å². The van der Waals surface area contributed by atoms with Crippen molar-refractivity contribution in [1.29, 1.82) is 0 Å². The molecule has 1 aromatic heterocycles. The van der Waals surface area contributed by atoms with Gasteiger partial charge in [0.2, 0.25) is 5.91 Å². The highest BCUT2D eigenvalue weighted by Gasteiger charge is 2.26. The van der Waals surface area contributed by atoms with Crippen LogP contribution in [0.3, 0.4) is 0 Å². The van der Waals surface area contributed by atoms with Crippen LogP contribution in [0.15, 0.2) is 12.4 Å². The van der Waals surface area contributed by atoms with Gasteiger partial charge >= 0.3 is 0 Å². The molecule has 0 saturated heterocycles. The minimum absolute atomic E-state index is 0.00149. The standard InChI is InChI=1S/C13H23N5O/c1-5-6-15-10-7-11(18-9-17-10)16-8-13(2,3)12(19)14-4/h7,9H,5-6,8H2,1-4H3,(H,14,19)(H2,15,16,17,18). The van der Waals surface area contributed by atoms with E-state index < -0.39 is 5.41 Å². The third kappa shape index (κ3) is 4.73. The zero-order chi connectivity index (χ0) is 14.3. The summed E-state index contributed by atoms with van der Waals surface area (Å²) in [6.45, 7) is 7.25. The van der Waals surface area contributed by atoms with Crippen LogP contribution in [0, 0.1) is 5.41 Å². The van der Waals surface area contributed by atoms with Crippen LogP contribution in [0.25, 0.3) is 0 Å². The lowest BCUT2D eigenvalue weighted by atomic mass is 9.92. The fourth-order valence-corrected chi connectivity index (χ4v) is 1.53. The summed E-state index contributed by atoms with van der Waals surface area (Å²) >= 11 is 0. The number of hydrogen-bond donors (Lipinski definition) is 3. The van der Waals surface area contributed by atoms with Crippen LogP contribution in [0.4, 0.5) is 11.6 Å². The molecule has 0 aliphatic heterocycles. The molecule has 3 N–H and O–H groups in total. The largest absolute Gasteiger partial charge is 0.370 e. The van der Waals surface area contributed by atoms with Gasteiger partial charge in [0, 0.05) is 26.2 Å². The first kappa shape index (κ1) is 15.2. The van der Waals surface area contributed by atoms with Crippen molar-refractivity contribution in [2.75, 3.05) is 30.8 Å². The molecule has 1 rings (SSSR count). The maximum atomic E-state index is 11.7. The first-order valence-corrected chi connectivity index (χ1v) is 6.51. The number of rotatable bonds is 7. The summed E-state index contributed by atoms with van der Waals surface area (Å²) < 4.78 is 0. The van der Waals surface area contributed by atoms with Gasteiger partial charge in [-0.05, 0) is 20.3 Å². The zero-order valence-corrected chi connectivity index (χ0v) is 12.1. The number of hydrogen-bond acceptors (Lipinski definition) is 5. The first-order valence-electron chi connectivity index (χ1n) is 6.51. The lowest BCUT2D eigenvalue weighted by Crippen LogP contribution is -2.39. The lowest BCUT2D eigenvalue weighted by molar-refractivity contribution is -0.128. The molecule has 19 heavy (non-hydrogen) atoms. The van der Waals surface area contributed by atoms with Gasteiger partial charge in [0.05, 0.1) is 5.41 Å². The van der Waals surface area contributed by atoms with Crippen LogP contribution in [0.5, 0.6) is 0 Å². The van der Waals surface area contributed by atoms with Gasteiger partial charge in [-0.15, -0.1) is 0 Å². The Bertz CT molecular complexity index is 419. The maximum absolute atomic E-state index is 11.7. The molecule has 0 atom stereocenters. The second-order valence-corrected chi connectivity index (χ2v) is 5.03. The highest BCUT2D eigenvalue weighted by molar-refractivity contribution is 5.82. The molecule has 0 unspecified atom stereocenters. The van der Waals surface area contributed by atoms with Crippen molar-refractivity contribution < 1.29 is 4.79 Å². The quantitative estimate of drug-likeness (QED) is 0.696. The van der Waals surface area contributed by atoms with E-state index in [1.807, 2.05) is 19.9 Å². The Morgan fingerprint density at radius 2 is 1.89 bits per heavy atom. The minimum atomic E-state index is -0.489. The molecule has 0 saturated carbocycles. The van der Waals surface area contributed by atoms with E-state index in [2.05, 4.69) is 32.8 Å². The van der Waals surface area contributed by atoms with Crippen LogP contribution in [0.2, 0.25) is 0 Å². The molecule has 1 aromatic rings. The van der Waals surface area contributed by atoms with Gasteiger partial charge in [-0.1, -0.05) is 6.92 Å². The van der Waals surface area contributed by atoms with Crippen molar-refractivity contribution in [3.8, 4) is 0 Å². The van der Waals surface area contributed by atoms with Gasteiger partial charge in [-0.2, -0.15) is 0 Å². The molecule has 0 fully saturated rings. The molecule has 6 nitrogen and oxygen atoms in total. The van der Waals surface area contributed by atoms with Gasteiger partial charge < -0.3 is 16.0 Å². The third-order valence-electron chi connectivity index (χ3n) is 2.78. The van der Waals surface area contributed by atoms with Gasteiger partial charge in [0.1, 0.15) is 18.0 Å². The third-order valence-corrected chi connectivity index (χ3v) is 2.78. The lowest BCUT2D eigenvalue weighted by Gasteiger charge is -2.23. The Labute approximate surface area is 114 Å². The number of aromatic nitrogens is 2. The summed E-state index contributed by atoms with van der Waals surface area (Å²) in [5, 5.41) is 9.02. The van der Waals surface area contributed by atoms with Crippen molar-refractivity contribution >= 4 is 17.5 Å². The predicted octanol–water partition coefficient (Wildman–Crippen LogP) is 1.48. The Balaban J connectivity index is 2.60. The molecule has 0 spiro atoms. The van der Waals surface area contributed by atoms with Gasteiger partial charge in [0.15, 0.2) is 0 Å². The number of carbonyl (C=O) groups excluding carboxylic acids is 1. The number of amides is 1. The van der Waals surface area contributed by atoms with Crippen molar-refractivity contribution in [3.63, 3.8) is 0 Å². The predicted molar refractivity (Wildman–Crippen MR) is 77.2 cm³/mol. The van der Waals surface area contributed by atoms with E-state index in [-0.39, 0.29) is 5.91 Å². The van der Waals surface area contributed by atoms with E-state index in [1.165, 1.54) is 6.33 Å². The van der Waals surface area contributed by atoms with Crippen molar-refractivity contribution in [3.05, 3.63) is 12.4 Å². The normalized spacial score (nSPS) is 10.9. The van der Waals surface area contributed by atoms with Gasteiger partial charge in [0.25, 0.3) is 0 Å². The minimum Gasteiger partial charge on any atom is -0.370 e. The number of carbonyl (C=O) groups is 1. The van der Waals surface area contributed by atoms with E-state index in [4.69, 9.17) is 0 Å². The van der Waals surface area contributed by atoms with Crippen LogP contribution in [-0.4, -0.2) is 36.0 Å². The van der Waals surface area contributed by atoms with Gasteiger partial charge in [-0.3, -0.25) is 4.79 Å². The van der Waals surface area contributed by atoms with Crippen molar-refractivity contribution in [2.24, 2.45) is 5.41 Å². The summed E-state index contributed by atoms with van der Waals surface area (Å²) in [7, 11) is 1.64. The fourth-order valence-electron chi connectivity index (χ4n) is 1.53. The van der Waals surface area contributed by atoms with Crippen LogP contribution in [-0.2, 0) is 4.79 Å². The Morgan fingerprint density at radius 3 is 2.47 bits per heavy atom. The average Bonchev–Trinajstić information content (AvgIpc) is 2.42. The summed E-state index contributed by atoms with van der Waals surface area (Å²) in [4.78, 5) is 19.9. The molecule has 0 aliphatic carbocycles. The number of nitrogens with zero attached hydrogens (tertiary/aromatic N) is 2. The van der Waals surface area contributed by atoms with Crippen LogP contribution >= 0.6 is 0 Å². The monoisotopic (exact) mass is 265 g/mol.